The van der Waals surface area contributed by atoms with Crippen molar-refractivity contribution in [2.75, 3.05) is 6.61 Å². The number of benzene rings is 3. The third kappa shape index (κ3) is 6.40. The smallest absolute Gasteiger partial charge is 0.251 e. The molecule has 3 aromatic carbocycles. The number of hydrogen-bond donors (Lipinski definition) is 1. The number of para-hydroxylation sites is 1. The number of carbonyl (C=O) groups excluding carboxylic acids is 1. The Morgan fingerprint density at radius 3 is 2.34 bits per heavy atom. The van der Waals surface area contributed by atoms with Crippen LogP contribution in [0.15, 0.2) is 77.7 Å². The molecule has 0 unspecified atom stereocenters. The second-order valence-corrected chi connectivity index (χ2v) is 8.30. The van der Waals surface area contributed by atoms with Crippen molar-refractivity contribution in [2.45, 2.75) is 37.5 Å². The first kappa shape index (κ1) is 21.0. The number of nitrogens with one attached hydrogen (secondary N) is 1. The molecule has 0 saturated carbocycles. The summed E-state index contributed by atoms with van der Waals surface area (Å²) in [6, 6.07) is 24.1. The van der Waals surface area contributed by atoms with E-state index < -0.39 is 0 Å². The summed E-state index contributed by atoms with van der Waals surface area (Å²) in [6.07, 6.45) is 0. The SMILES string of the molecule is Cc1ccc(SCc2ccc(C(=O)N[C@@H](C)COc3ccccc3C)cc2)cc1. The van der Waals surface area contributed by atoms with E-state index in [1.54, 1.807) is 11.8 Å². The maximum absolute atomic E-state index is 12.5. The molecular weight excluding hydrogens is 378 g/mol. The normalized spacial score (nSPS) is 11.7. The highest BCUT2D eigenvalue weighted by Crippen LogP contribution is 2.23. The molecule has 4 heteroatoms. The minimum absolute atomic E-state index is 0.0800. The third-order valence-corrected chi connectivity index (χ3v) is 5.69. The molecule has 3 aromatic rings. The van der Waals surface area contributed by atoms with Crippen molar-refractivity contribution in [1.82, 2.24) is 5.32 Å². The van der Waals surface area contributed by atoms with Gasteiger partial charge < -0.3 is 10.1 Å². The summed E-state index contributed by atoms with van der Waals surface area (Å²) in [5, 5.41) is 3.00. The summed E-state index contributed by atoms with van der Waals surface area (Å²) in [4.78, 5) is 13.7. The zero-order valence-corrected chi connectivity index (χ0v) is 18.0. The van der Waals surface area contributed by atoms with Crippen molar-refractivity contribution in [3.8, 4) is 5.75 Å². The van der Waals surface area contributed by atoms with E-state index >= 15 is 0 Å². The van der Waals surface area contributed by atoms with Gasteiger partial charge in [-0.15, -0.1) is 11.8 Å². The van der Waals surface area contributed by atoms with Gasteiger partial charge in [0.05, 0.1) is 6.04 Å². The Morgan fingerprint density at radius 2 is 1.66 bits per heavy atom. The van der Waals surface area contributed by atoms with Crippen LogP contribution in [0.1, 0.15) is 34.0 Å². The van der Waals surface area contributed by atoms with Crippen LogP contribution in [0.5, 0.6) is 5.75 Å². The highest BCUT2D eigenvalue weighted by atomic mass is 32.2. The van der Waals surface area contributed by atoms with E-state index in [0.717, 1.165) is 17.1 Å². The Kier molecular flexibility index (Phi) is 7.36. The molecule has 150 valence electrons. The highest BCUT2D eigenvalue weighted by Gasteiger charge is 2.11. The molecule has 0 bridgehead atoms. The predicted octanol–water partition coefficient (Wildman–Crippen LogP) is 5.79. The molecule has 0 fully saturated rings. The van der Waals surface area contributed by atoms with E-state index in [9.17, 15) is 4.79 Å². The molecule has 0 aliphatic rings. The average Bonchev–Trinajstić information content (AvgIpc) is 2.73. The fourth-order valence-corrected chi connectivity index (χ4v) is 3.69. The van der Waals surface area contributed by atoms with E-state index in [1.165, 1.54) is 16.0 Å². The van der Waals surface area contributed by atoms with Gasteiger partial charge in [-0.3, -0.25) is 4.79 Å². The molecule has 3 nitrogen and oxygen atoms in total. The molecular formula is C25H27NO2S. The summed E-state index contributed by atoms with van der Waals surface area (Å²) in [6.45, 7) is 6.48. The number of thioether (sulfide) groups is 1. The van der Waals surface area contributed by atoms with E-state index in [4.69, 9.17) is 4.74 Å². The van der Waals surface area contributed by atoms with Gasteiger partial charge in [0.1, 0.15) is 12.4 Å². The molecule has 0 radical (unpaired) electrons. The molecule has 0 aliphatic carbocycles. The van der Waals surface area contributed by atoms with Gasteiger partial charge in [-0.05, 0) is 62.2 Å². The second-order valence-electron chi connectivity index (χ2n) is 7.25. The standard InChI is InChI=1S/C25H27NO2S/c1-18-8-14-23(15-9-18)29-17-21-10-12-22(13-11-21)25(27)26-20(3)16-28-24-7-5-4-6-19(24)2/h4-15,20H,16-17H2,1-3H3,(H,26,27)/t20-/m0/s1. The van der Waals surface area contributed by atoms with Crippen molar-refractivity contribution in [3.05, 3.63) is 95.1 Å². The fourth-order valence-electron chi connectivity index (χ4n) is 2.84. The van der Waals surface area contributed by atoms with Crippen LogP contribution in [0.4, 0.5) is 0 Å². The van der Waals surface area contributed by atoms with Gasteiger partial charge in [-0.25, -0.2) is 0 Å². The first-order chi connectivity index (χ1) is 14.0. The van der Waals surface area contributed by atoms with Gasteiger partial charge >= 0.3 is 0 Å². The predicted molar refractivity (Wildman–Crippen MR) is 121 cm³/mol. The van der Waals surface area contributed by atoms with Crippen LogP contribution in [0.2, 0.25) is 0 Å². The number of ether oxygens (including phenoxy) is 1. The summed E-state index contributed by atoms with van der Waals surface area (Å²) >= 11 is 1.80. The minimum atomic E-state index is -0.0844. The molecule has 1 amide bonds. The van der Waals surface area contributed by atoms with Gasteiger partial charge in [0, 0.05) is 16.2 Å². The molecule has 0 aromatic heterocycles. The Balaban J connectivity index is 1.47. The third-order valence-electron chi connectivity index (χ3n) is 4.60. The first-order valence-electron chi connectivity index (χ1n) is 9.79. The zero-order chi connectivity index (χ0) is 20.6. The van der Waals surface area contributed by atoms with E-state index in [-0.39, 0.29) is 11.9 Å². The van der Waals surface area contributed by atoms with E-state index in [1.807, 2.05) is 62.4 Å². The van der Waals surface area contributed by atoms with Crippen LogP contribution in [-0.2, 0) is 5.75 Å². The van der Waals surface area contributed by atoms with Crippen molar-refractivity contribution in [1.29, 1.82) is 0 Å². The van der Waals surface area contributed by atoms with Gasteiger partial charge in [0.25, 0.3) is 5.91 Å². The Morgan fingerprint density at radius 1 is 0.966 bits per heavy atom. The zero-order valence-electron chi connectivity index (χ0n) is 17.1. The van der Waals surface area contributed by atoms with Gasteiger partial charge in [0.2, 0.25) is 0 Å². The summed E-state index contributed by atoms with van der Waals surface area (Å²) < 4.78 is 5.82. The number of amides is 1. The van der Waals surface area contributed by atoms with Crippen LogP contribution in [-0.4, -0.2) is 18.6 Å². The Hall–Kier alpha value is -2.72. The summed E-state index contributed by atoms with van der Waals surface area (Å²) in [7, 11) is 0. The largest absolute Gasteiger partial charge is 0.491 e. The lowest BCUT2D eigenvalue weighted by Crippen LogP contribution is -2.36. The minimum Gasteiger partial charge on any atom is -0.491 e. The van der Waals surface area contributed by atoms with Crippen LogP contribution in [0, 0.1) is 13.8 Å². The molecule has 3 rings (SSSR count). The fraction of sp³-hybridized carbons (Fsp3) is 0.240. The van der Waals surface area contributed by atoms with Crippen molar-refractivity contribution < 1.29 is 9.53 Å². The Bertz CT molecular complexity index is 936. The summed E-state index contributed by atoms with van der Waals surface area (Å²) in [5.74, 6) is 1.65. The molecule has 0 saturated heterocycles. The molecule has 1 atom stereocenters. The number of hydrogen-bond acceptors (Lipinski definition) is 3. The number of carbonyl (C=O) groups is 1. The molecule has 0 spiro atoms. The van der Waals surface area contributed by atoms with Gasteiger partial charge in [-0.2, -0.15) is 0 Å². The lowest BCUT2D eigenvalue weighted by Gasteiger charge is -2.16. The molecule has 29 heavy (non-hydrogen) atoms. The number of rotatable bonds is 8. The molecule has 1 N–H and O–H groups in total. The van der Waals surface area contributed by atoms with Crippen LogP contribution < -0.4 is 10.1 Å². The second kappa shape index (κ2) is 10.2. The monoisotopic (exact) mass is 405 g/mol. The first-order valence-corrected chi connectivity index (χ1v) is 10.8. The lowest BCUT2D eigenvalue weighted by atomic mass is 10.1. The summed E-state index contributed by atoms with van der Waals surface area (Å²) in [5.41, 5.74) is 4.22. The highest BCUT2D eigenvalue weighted by molar-refractivity contribution is 7.98. The van der Waals surface area contributed by atoms with E-state index in [2.05, 4.69) is 36.5 Å². The van der Waals surface area contributed by atoms with Crippen LogP contribution in [0.3, 0.4) is 0 Å². The van der Waals surface area contributed by atoms with Crippen molar-refractivity contribution >= 4 is 17.7 Å². The van der Waals surface area contributed by atoms with Gasteiger partial charge in [-0.1, -0.05) is 48.0 Å². The quantitative estimate of drug-likeness (QED) is 0.482. The van der Waals surface area contributed by atoms with Crippen molar-refractivity contribution in [3.63, 3.8) is 0 Å². The van der Waals surface area contributed by atoms with Crippen LogP contribution in [0.25, 0.3) is 0 Å². The molecule has 0 aliphatic heterocycles. The van der Waals surface area contributed by atoms with Crippen molar-refractivity contribution in [2.24, 2.45) is 0 Å². The lowest BCUT2D eigenvalue weighted by molar-refractivity contribution is 0.0926. The van der Waals surface area contributed by atoms with E-state index in [0.29, 0.717) is 12.2 Å². The van der Waals surface area contributed by atoms with Crippen LogP contribution >= 0.6 is 11.8 Å². The average molecular weight is 406 g/mol. The molecule has 0 heterocycles. The topological polar surface area (TPSA) is 38.3 Å². The maximum Gasteiger partial charge on any atom is 0.251 e. The Labute approximate surface area is 177 Å². The van der Waals surface area contributed by atoms with Gasteiger partial charge in [0.15, 0.2) is 0 Å². The maximum atomic E-state index is 12.5. The number of aryl methyl sites for hydroxylation is 2.